The lowest BCUT2D eigenvalue weighted by atomic mass is 9.91. The van der Waals surface area contributed by atoms with Crippen molar-refractivity contribution in [2.75, 3.05) is 25.6 Å². The number of nitrogens with two attached hydrogens (primary N) is 1. The summed E-state index contributed by atoms with van der Waals surface area (Å²) in [5.41, 5.74) is 6.97. The van der Waals surface area contributed by atoms with Gasteiger partial charge in [-0.3, -0.25) is 4.99 Å². The van der Waals surface area contributed by atoms with Gasteiger partial charge in [0.25, 0.3) is 0 Å². The quantitative estimate of drug-likeness (QED) is 0.429. The monoisotopic (exact) mass is 358 g/mol. The number of aliphatic imine (C=N–C) groups is 1. The van der Waals surface area contributed by atoms with E-state index in [4.69, 9.17) is 33.7 Å². The molecule has 23 heavy (non-hydrogen) atoms. The predicted octanol–water partition coefficient (Wildman–Crippen LogP) is 3.27. The van der Waals surface area contributed by atoms with Crippen molar-refractivity contribution in [3.63, 3.8) is 0 Å². The molecule has 1 aliphatic carbocycles. The lowest BCUT2D eigenvalue weighted by molar-refractivity contribution is 0.208. The second kappa shape index (κ2) is 9.33. The molecule has 0 bridgehead atoms. The summed E-state index contributed by atoms with van der Waals surface area (Å²) in [7, 11) is 1.66. The van der Waals surface area contributed by atoms with Gasteiger partial charge in [-0.25, -0.2) is 0 Å². The Bertz CT molecular complexity index is 539. The first-order valence-corrected chi connectivity index (χ1v) is 8.63. The van der Waals surface area contributed by atoms with E-state index in [0.29, 0.717) is 29.2 Å². The molecule has 0 amide bonds. The van der Waals surface area contributed by atoms with Crippen LogP contribution in [0.1, 0.15) is 25.7 Å². The second-order valence-electron chi connectivity index (χ2n) is 5.67. The number of hydrogen-bond acceptors (Lipinski definition) is 3. The van der Waals surface area contributed by atoms with Crippen molar-refractivity contribution in [3.8, 4) is 0 Å². The molecule has 0 spiro atoms. The molecule has 1 saturated carbocycles. The highest BCUT2D eigenvalue weighted by Crippen LogP contribution is 2.25. The van der Waals surface area contributed by atoms with Crippen molar-refractivity contribution in [3.05, 3.63) is 28.2 Å². The largest absolute Gasteiger partial charge is 0.383 e. The molecule has 0 aromatic heterocycles. The molecule has 2 rings (SSSR count). The molecule has 1 fully saturated rings. The molecule has 0 heterocycles. The number of guanidine groups is 1. The lowest BCUT2D eigenvalue weighted by Crippen LogP contribution is -2.51. The third-order valence-corrected chi connectivity index (χ3v) is 4.44. The summed E-state index contributed by atoms with van der Waals surface area (Å²) in [5, 5.41) is 7.81. The van der Waals surface area contributed by atoms with E-state index in [0.717, 1.165) is 18.5 Å². The first-order chi connectivity index (χ1) is 11.1. The van der Waals surface area contributed by atoms with Gasteiger partial charge in [-0.05, 0) is 31.0 Å². The number of rotatable bonds is 5. The van der Waals surface area contributed by atoms with Crippen LogP contribution in [0.15, 0.2) is 23.2 Å². The topological polar surface area (TPSA) is 71.7 Å². The second-order valence-corrected chi connectivity index (χ2v) is 6.52. The van der Waals surface area contributed by atoms with Gasteiger partial charge in [0, 0.05) is 24.2 Å². The molecule has 128 valence electrons. The minimum Gasteiger partial charge on any atom is -0.383 e. The van der Waals surface area contributed by atoms with Crippen LogP contribution >= 0.6 is 23.2 Å². The fraction of sp³-hybridized carbons (Fsp3) is 0.562. The van der Waals surface area contributed by atoms with Crippen molar-refractivity contribution in [1.82, 2.24) is 5.32 Å². The van der Waals surface area contributed by atoms with Crippen molar-refractivity contribution >= 4 is 34.8 Å². The molecule has 0 unspecified atom stereocenters. The van der Waals surface area contributed by atoms with Crippen LogP contribution in [0.25, 0.3) is 0 Å². The number of methoxy groups -OCH3 is 1. The Morgan fingerprint density at radius 2 is 2.13 bits per heavy atom. The molecule has 0 saturated heterocycles. The van der Waals surface area contributed by atoms with Gasteiger partial charge in [0.15, 0.2) is 5.96 Å². The van der Waals surface area contributed by atoms with E-state index in [2.05, 4.69) is 15.6 Å². The number of halogens is 2. The fourth-order valence-electron chi connectivity index (χ4n) is 2.60. The maximum absolute atomic E-state index is 6.23. The number of nitrogens with zero attached hydrogens (tertiary/aromatic N) is 1. The van der Waals surface area contributed by atoms with Crippen molar-refractivity contribution in [2.45, 2.75) is 37.8 Å². The Morgan fingerprint density at radius 3 is 2.83 bits per heavy atom. The van der Waals surface area contributed by atoms with E-state index in [1.165, 1.54) is 12.8 Å². The number of benzene rings is 1. The number of nitrogens with one attached hydrogen (secondary N) is 2. The smallest absolute Gasteiger partial charge is 0.196 e. The maximum Gasteiger partial charge on any atom is 0.196 e. The number of hydrogen-bond donors (Lipinski definition) is 3. The zero-order chi connectivity index (χ0) is 16.7. The molecular formula is C16H24Cl2N4O. The van der Waals surface area contributed by atoms with Gasteiger partial charge < -0.3 is 21.1 Å². The average Bonchev–Trinajstić information content (AvgIpc) is 2.52. The minimum atomic E-state index is 0.138. The van der Waals surface area contributed by atoms with Crippen LogP contribution in [0.5, 0.6) is 0 Å². The molecule has 1 aliphatic rings. The summed E-state index contributed by atoms with van der Waals surface area (Å²) < 4.78 is 5.06. The third-order valence-electron chi connectivity index (χ3n) is 3.89. The standard InChI is InChI=1S/C16H24Cl2N4O/c1-23-9-8-20-16(22-15-5-3-2-4-13(15)19)21-14-7-6-11(17)10-12(14)18/h6-7,10,13,15H,2-5,8-9,19H2,1H3,(H2,20,21,22)/t13-,15-/m0/s1. The molecule has 7 heteroatoms. The van der Waals surface area contributed by atoms with E-state index in [-0.39, 0.29) is 12.1 Å². The van der Waals surface area contributed by atoms with Crippen molar-refractivity contribution in [2.24, 2.45) is 10.7 Å². The summed E-state index contributed by atoms with van der Waals surface area (Å²) in [4.78, 5) is 4.52. The van der Waals surface area contributed by atoms with E-state index >= 15 is 0 Å². The zero-order valence-electron chi connectivity index (χ0n) is 13.3. The third kappa shape index (κ3) is 5.84. The van der Waals surface area contributed by atoms with E-state index < -0.39 is 0 Å². The van der Waals surface area contributed by atoms with Gasteiger partial charge in [-0.2, -0.15) is 0 Å². The van der Waals surface area contributed by atoms with Gasteiger partial charge in [0.1, 0.15) is 0 Å². The van der Waals surface area contributed by atoms with E-state index in [1.54, 1.807) is 19.2 Å². The fourth-order valence-corrected chi connectivity index (χ4v) is 3.06. The molecule has 2 atom stereocenters. The zero-order valence-corrected chi connectivity index (χ0v) is 14.8. The van der Waals surface area contributed by atoms with Crippen LogP contribution in [0.2, 0.25) is 10.0 Å². The lowest BCUT2D eigenvalue weighted by Gasteiger charge is -2.30. The van der Waals surface area contributed by atoms with Gasteiger partial charge in [-0.15, -0.1) is 0 Å². The SMILES string of the molecule is COCCN=C(Nc1ccc(Cl)cc1Cl)N[C@H]1CCCC[C@@H]1N. The van der Waals surface area contributed by atoms with Crippen LogP contribution in [-0.2, 0) is 4.74 Å². The average molecular weight is 359 g/mol. The Kier molecular flexibility index (Phi) is 7.43. The summed E-state index contributed by atoms with van der Waals surface area (Å²) in [6.07, 6.45) is 4.44. The summed E-state index contributed by atoms with van der Waals surface area (Å²) in [6, 6.07) is 5.67. The first-order valence-electron chi connectivity index (χ1n) is 7.87. The van der Waals surface area contributed by atoms with Crippen LogP contribution in [0.4, 0.5) is 5.69 Å². The molecule has 0 aliphatic heterocycles. The Morgan fingerprint density at radius 1 is 1.35 bits per heavy atom. The van der Waals surface area contributed by atoms with Crippen LogP contribution < -0.4 is 16.4 Å². The van der Waals surface area contributed by atoms with Crippen molar-refractivity contribution < 1.29 is 4.74 Å². The summed E-state index contributed by atoms with van der Waals surface area (Å²) >= 11 is 12.2. The molecule has 1 aromatic carbocycles. The highest BCUT2D eigenvalue weighted by molar-refractivity contribution is 6.36. The Labute approximate surface area is 147 Å². The predicted molar refractivity (Wildman–Crippen MR) is 97.6 cm³/mol. The van der Waals surface area contributed by atoms with Gasteiger partial charge in [0.2, 0.25) is 0 Å². The molecular weight excluding hydrogens is 335 g/mol. The Balaban J connectivity index is 2.08. The minimum absolute atomic E-state index is 0.138. The normalized spacial score (nSPS) is 22.0. The molecule has 0 radical (unpaired) electrons. The number of ether oxygens (including phenoxy) is 1. The van der Waals surface area contributed by atoms with Gasteiger partial charge in [0.05, 0.1) is 23.9 Å². The van der Waals surface area contributed by atoms with Crippen molar-refractivity contribution in [1.29, 1.82) is 0 Å². The summed E-state index contributed by atoms with van der Waals surface area (Å²) in [5.74, 6) is 0.661. The molecule has 4 N–H and O–H groups in total. The number of anilines is 1. The first kappa shape index (κ1) is 18.3. The van der Waals surface area contributed by atoms with Crippen LogP contribution in [-0.4, -0.2) is 38.3 Å². The summed E-state index contributed by atoms with van der Waals surface area (Å²) in [6.45, 7) is 1.11. The van der Waals surface area contributed by atoms with E-state index in [1.807, 2.05) is 6.07 Å². The molecule has 5 nitrogen and oxygen atoms in total. The maximum atomic E-state index is 6.23. The molecule has 1 aromatic rings. The highest BCUT2D eigenvalue weighted by atomic mass is 35.5. The van der Waals surface area contributed by atoms with Crippen LogP contribution in [0, 0.1) is 0 Å². The van der Waals surface area contributed by atoms with Crippen LogP contribution in [0.3, 0.4) is 0 Å². The highest BCUT2D eigenvalue weighted by Gasteiger charge is 2.22. The van der Waals surface area contributed by atoms with Gasteiger partial charge >= 0.3 is 0 Å². The van der Waals surface area contributed by atoms with Gasteiger partial charge in [-0.1, -0.05) is 36.0 Å². The Hall–Kier alpha value is -1.01. The van der Waals surface area contributed by atoms with E-state index in [9.17, 15) is 0 Å².